The van der Waals surface area contributed by atoms with E-state index in [9.17, 15) is 13.2 Å². The second kappa shape index (κ2) is 9.05. The zero-order valence-corrected chi connectivity index (χ0v) is 18.0. The largest absolute Gasteiger partial charge is 0.342 e. The van der Waals surface area contributed by atoms with Gasteiger partial charge in [0.2, 0.25) is 15.9 Å². The molecular weight excluding hydrogens is 394 g/mol. The number of benzene rings is 1. The number of hydrogen-bond donors (Lipinski definition) is 1. The fourth-order valence-electron chi connectivity index (χ4n) is 3.46. The summed E-state index contributed by atoms with van der Waals surface area (Å²) in [5, 5.41) is 2.04. The lowest BCUT2D eigenvalue weighted by Crippen LogP contribution is -2.39. The van der Waals surface area contributed by atoms with Gasteiger partial charge in [0, 0.05) is 18.5 Å². The van der Waals surface area contributed by atoms with Crippen molar-refractivity contribution >= 4 is 32.4 Å². The van der Waals surface area contributed by atoms with E-state index in [2.05, 4.69) is 40.9 Å². The number of rotatable bonds is 7. The molecule has 1 saturated heterocycles. The molecule has 1 aliphatic heterocycles. The number of hydrogen-bond acceptors (Lipinski definition) is 5. The average molecular weight is 422 g/mol. The SMILES string of the molecule is Cc1ccc(CCC2CCN(C(=O)Cc3csc(NS(C)(=O)=O)n3)CC2)cc1. The Balaban J connectivity index is 1.43. The minimum atomic E-state index is -3.34. The lowest BCUT2D eigenvalue weighted by molar-refractivity contribution is -0.131. The lowest BCUT2D eigenvalue weighted by Gasteiger charge is -2.32. The minimum Gasteiger partial charge on any atom is -0.342 e. The first kappa shape index (κ1) is 20.8. The molecule has 0 bridgehead atoms. The van der Waals surface area contributed by atoms with Gasteiger partial charge in [0.25, 0.3) is 0 Å². The van der Waals surface area contributed by atoms with Crippen LogP contribution in [-0.4, -0.2) is 43.6 Å². The van der Waals surface area contributed by atoms with Crippen molar-refractivity contribution in [2.24, 2.45) is 5.92 Å². The number of thiazole rings is 1. The first-order chi connectivity index (χ1) is 13.3. The molecule has 0 saturated carbocycles. The first-order valence-electron chi connectivity index (χ1n) is 9.54. The third-order valence-electron chi connectivity index (χ3n) is 5.09. The van der Waals surface area contributed by atoms with Crippen molar-refractivity contribution in [3.05, 3.63) is 46.5 Å². The van der Waals surface area contributed by atoms with E-state index in [1.807, 2.05) is 4.90 Å². The van der Waals surface area contributed by atoms with E-state index in [0.29, 0.717) is 16.7 Å². The monoisotopic (exact) mass is 421 g/mol. The third-order valence-corrected chi connectivity index (χ3v) is 6.59. The van der Waals surface area contributed by atoms with Gasteiger partial charge in [-0.05, 0) is 44.1 Å². The van der Waals surface area contributed by atoms with Gasteiger partial charge in [-0.2, -0.15) is 0 Å². The molecule has 1 amide bonds. The fraction of sp³-hybridized carbons (Fsp3) is 0.500. The average Bonchev–Trinajstić information content (AvgIpc) is 3.06. The van der Waals surface area contributed by atoms with Crippen molar-refractivity contribution < 1.29 is 13.2 Å². The van der Waals surface area contributed by atoms with E-state index in [1.165, 1.54) is 22.5 Å². The van der Waals surface area contributed by atoms with E-state index in [-0.39, 0.29) is 12.3 Å². The molecule has 0 atom stereocenters. The smallest absolute Gasteiger partial charge is 0.231 e. The first-order valence-corrected chi connectivity index (χ1v) is 12.3. The van der Waals surface area contributed by atoms with E-state index in [4.69, 9.17) is 0 Å². The summed E-state index contributed by atoms with van der Waals surface area (Å²) in [6, 6.07) is 8.72. The zero-order valence-electron chi connectivity index (χ0n) is 16.3. The number of amides is 1. The maximum absolute atomic E-state index is 12.5. The molecule has 1 aromatic heterocycles. The highest BCUT2D eigenvalue weighted by Crippen LogP contribution is 2.24. The normalized spacial score (nSPS) is 15.6. The summed E-state index contributed by atoms with van der Waals surface area (Å²) in [6.45, 7) is 3.68. The van der Waals surface area contributed by atoms with Gasteiger partial charge in [-0.1, -0.05) is 29.8 Å². The summed E-state index contributed by atoms with van der Waals surface area (Å²) >= 11 is 1.20. The highest BCUT2D eigenvalue weighted by atomic mass is 32.2. The summed E-state index contributed by atoms with van der Waals surface area (Å²) in [5.41, 5.74) is 3.28. The van der Waals surface area contributed by atoms with Gasteiger partial charge in [-0.25, -0.2) is 13.4 Å². The van der Waals surface area contributed by atoms with Gasteiger partial charge in [-0.3, -0.25) is 9.52 Å². The number of aryl methyl sites for hydroxylation is 2. The molecule has 2 heterocycles. The lowest BCUT2D eigenvalue weighted by atomic mass is 9.90. The molecule has 152 valence electrons. The molecule has 0 radical (unpaired) electrons. The van der Waals surface area contributed by atoms with E-state index in [0.717, 1.165) is 45.0 Å². The molecule has 8 heteroatoms. The Bertz CT molecular complexity index is 899. The van der Waals surface area contributed by atoms with E-state index in [1.54, 1.807) is 5.38 Å². The van der Waals surface area contributed by atoms with Crippen LogP contribution in [0.5, 0.6) is 0 Å². The van der Waals surface area contributed by atoms with Crippen LogP contribution in [0.2, 0.25) is 0 Å². The Hall–Kier alpha value is -1.93. The molecule has 28 heavy (non-hydrogen) atoms. The number of sulfonamides is 1. The Kier molecular flexibility index (Phi) is 6.72. The summed E-state index contributed by atoms with van der Waals surface area (Å²) < 4.78 is 24.8. The molecule has 2 aromatic rings. The molecule has 6 nitrogen and oxygen atoms in total. The maximum Gasteiger partial charge on any atom is 0.231 e. The summed E-state index contributed by atoms with van der Waals surface area (Å²) in [6.07, 6.45) is 5.63. The van der Waals surface area contributed by atoms with Gasteiger partial charge in [0.15, 0.2) is 5.13 Å². The van der Waals surface area contributed by atoms with Gasteiger partial charge >= 0.3 is 0 Å². The maximum atomic E-state index is 12.5. The van der Waals surface area contributed by atoms with E-state index < -0.39 is 10.0 Å². The number of aromatic nitrogens is 1. The Morgan fingerprint density at radius 3 is 2.57 bits per heavy atom. The number of anilines is 1. The van der Waals surface area contributed by atoms with Crippen LogP contribution in [-0.2, 0) is 27.7 Å². The second-order valence-corrected chi connectivity index (χ2v) is 10.1. The van der Waals surface area contributed by atoms with Crippen molar-refractivity contribution in [3.63, 3.8) is 0 Å². The van der Waals surface area contributed by atoms with Crippen LogP contribution in [0, 0.1) is 12.8 Å². The van der Waals surface area contributed by atoms with Crippen LogP contribution in [0.1, 0.15) is 36.1 Å². The Morgan fingerprint density at radius 2 is 1.93 bits per heavy atom. The van der Waals surface area contributed by atoms with Gasteiger partial charge in [-0.15, -0.1) is 11.3 Å². The molecule has 0 unspecified atom stereocenters. The van der Waals surface area contributed by atoms with Gasteiger partial charge < -0.3 is 4.90 Å². The minimum absolute atomic E-state index is 0.0631. The van der Waals surface area contributed by atoms with Crippen molar-refractivity contribution in [2.45, 2.75) is 39.0 Å². The molecule has 1 aromatic carbocycles. The standard InChI is InChI=1S/C20H27N3O3S2/c1-15-3-5-16(6-4-15)7-8-17-9-11-23(12-10-17)19(24)13-18-14-27-20(21-18)22-28(2,25)26/h3-6,14,17H,7-13H2,1-2H3,(H,21,22). The van der Waals surface area contributed by atoms with Crippen molar-refractivity contribution in [3.8, 4) is 0 Å². The number of carbonyl (C=O) groups excluding carboxylic acids is 1. The highest BCUT2D eigenvalue weighted by Gasteiger charge is 2.23. The second-order valence-electron chi connectivity index (χ2n) is 7.54. The molecule has 1 fully saturated rings. The van der Waals surface area contributed by atoms with Crippen LogP contribution in [0.25, 0.3) is 0 Å². The van der Waals surface area contributed by atoms with Crippen LogP contribution >= 0.6 is 11.3 Å². The topological polar surface area (TPSA) is 79.4 Å². The molecule has 1 N–H and O–H groups in total. The number of piperidine rings is 1. The molecule has 0 spiro atoms. The summed E-state index contributed by atoms with van der Waals surface area (Å²) in [5.74, 6) is 0.725. The molecular formula is C20H27N3O3S2. The zero-order chi connectivity index (χ0) is 20.1. The predicted octanol–water partition coefficient (Wildman–Crippen LogP) is 3.24. The van der Waals surface area contributed by atoms with Crippen molar-refractivity contribution in [1.82, 2.24) is 9.88 Å². The van der Waals surface area contributed by atoms with Crippen LogP contribution in [0.3, 0.4) is 0 Å². The van der Waals surface area contributed by atoms with Crippen molar-refractivity contribution in [1.29, 1.82) is 0 Å². The van der Waals surface area contributed by atoms with Gasteiger partial charge in [0.05, 0.1) is 18.4 Å². The predicted molar refractivity (Wildman–Crippen MR) is 113 cm³/mol. The number of likely N-dealkylation sites (tertiary alicyclic amines) is 1. The van der Waals surface area contributed by atoms with Crippen molar-refractivity contribution in [2.75, 3.05) is 24.1 Å². The van der Waals surface area contributed by atoms with Crippen LogP contribution in [0.4, 0.5) is 5.13 Å². The highest BCUT2D eigenvalue weighted by molar-refractivity contribution is 7.92. The summed E-state index contributed by atoms with van der Waals surface area (Å²) in [4.78, 5) is 18.6. The Morgan fingerprint density at radius 1 is 1.25 bits per heavy atom. The third kappa shape index (κ3) is 6.31. The summed E-state index contributed by atoms with van der Waals surface area (Å²) in [7, 11) is -3.34. The molecule has 0 aliphatic carbocycles. The fourth-order valence-corrected chi connectivity index (χ4v) is 5.02. The quantitative estimate of drug-likeness (QED) is 0.744. The molecule has 1 aliphatic rings. The number of nitrogens with one attached hydrogen (secondary N) is 1. The van der Waals surface area contributed by atoms with Crippen LogP contribution in [0.15, 0.2) is 29.6 Å². The number of carbonyl (C=O) groups is 1. The van der Waals surface area contributed by atoms with Gasteiger partial charge in [0.1, 0.15) is 0 Å². The number of nitrogens with zero attached hydrogens (tertiary/aromatic N) is 2. The Labute approximate surface area is 171 Å². The van der Waals surface area contributed by atoms with E-state index >= 15 is 0 Å². The molecule has 3 rings (SSSR count). The van der Waals surface area contributed by atoms with Crippen LogP contribution < -0.4 is 4.72 Å².